The van der Waals surface area contributed by atoms with Crippen LogP contribution in [0.5, 0.6) is 11.5 Å². The van der Waals surface area contributed by atoms with Crippen LogP contribution in [0.4, 0.5) is 0 Å². The van der Waals surface area contributed by atoms with Crippen molar-refractivity contribution in [3.63, 3.8) is 0 Å². The predicted molar refractivity (Wildman–Crippen MR) is 106 cm³/mol. The molecule has 0 aromatic heterocycles. The summed E-state index contributed by atoms with van der Waals surface area (Å²) < 4.78 is 10.7. The van der Waals surface area contributed by atoms with Crippen molar-refractivity contribution < 1.29 is 9.47 Å². The molecular weight excluding hydrogens is 330 g/mol. The quantitative estimate of drug-likeness (QED) is 0.744. The van der Waals surface area contributed by atoms with Crippen molar-refractivity contribution in [2.45, 2.75) is 19.3 Å². The van der Waals surface area contributed by atoms with Gasteiger partial charge in [-0.25, -0.2) is 0 Å². The average molecular weight is 356 g/mol. The first-order valence-corrected chi connectivity index (χ1v) is 9.17. The number of methoxy groups -OCH3 is 2. The normalized spacial score (nSPS) is 15.0. The second-order valence-electron chi connectivity index (χ2n) is 6.50. The molecule has 25 heavy (non-hydrogen) atoms. The largest absolute Gasteiger partial charge is 0.493 e. The van der Waals surface area contributed by atoms with Gasteiger partial charge in [-0.1, -0.05) is 42.5 Å². The van der Waals surface area contributed by atoms with Crippen LogP contribution in [0.1, 0.15) is 24.0 Å². The minimum absolute atomic E-state index is 0.723. The molecule has 132 valence electrons. The zero-order valence-electron chi connectivity index (χ0n) is 14.9. The molecule has 0 spiro atoms. The summed E-state index contributed by atoms with van der Waals surface area (Å²) in [5.41, 5.74) is 2.46. The number of ether oxygens (including phenoxy) is 2. The van der Waals surface area contributed by atoms with Crippen molar-refractivity contribution in [2.24, 2.45) is 5.92 Å². The summed E-state index contributed by atoms with van der Waals surface area (Å²) in [6.45, 7) is 2.04. The maximum Gasteiger partial charge on any atom is 0.161 e. The van der Waals surface area contributed by atoms with E-state index in [0.29, 0.717) is 0 Å². The Balaban J connectivity index is 1.60. The zero-order chi connectivity index (χ0) is 17.6. The maximum atomic E-state index is 5.73. The van der Waals surface area contributed by atoms with E-state index < -0.39 is 0 Å². The molecule has 1 aliphatic rings. The van der Waals surface area contributed by atoms with Gasteiger partial charge in [0.1, 0.15) is 4.99 Å². The highest BCUT2D eigenvalue weighted by molar-refractivity contribution is 7.80. The van der Waals surface area contributed by atoms with E-state index in [1.165, 1.54) is 18.4 Å². The Kier molecular flexibility index (Phi) is 5.92. The van der Waals surface area contributed by atoms with Crippen LogP contribution in [-0.4, -0.2) is 37.2 Å². The summed E-state index contributed by atoms with van der Waals surface area (Å²) in [5, 5.41) is 0. The Labute approximate surface area is 155 Å². The highest BCUT2D eigenvalue weighted by atomic mass is 32.1. The number of benzene rings is 2. The molecule has 0 amide bonds. The molecule has 0 atom stereocenters. The van der Waals surface area contributed by atoms with Crippen molar-refractivity contribution in [1.82, 2.24) is 4.90 Å². The topological polar surface area (TPSA) is 21.7 Å². The van der Waals surface area contributed by atoms with E-state index in [4.69, 9.17) is 21.7 Å². The molecule has 1 heterocycles. The summed E-state index contributed by atoms with van der Waals surface area (Å²) in [6, 6.07) is 16.7. The molecule has 2 aromatic rings. The van der Waals surface area contributed by atoms with Crippen LogP contribution in [0, 0.1) is 5.92 Å². The van der Waals surface area contributed by atoms with Crippen LogP contribution in [0.3, 0.4) is 0 Å². The van der Waals surface area contributed by atoms with Crippen LogP contribution in [-0.2, 0) is 6.42 Å². The molecule has 3 rings (SSSR count). The second kappa shape index (κ2) is 8.34. The molecule has 0 N–H and O–H groups in total. The Morgan fingerprint density at radius 1 is 1.00 bits per heavy atom. The second-order valence-corrected chi connectivity index (χ2v) is 6.88. The zero-order valence-corrected chi connectivity index (χ0v) is 15.7. The predicted octanol–water partition coefficient (Wildman–Crippen LogP) is 4.33. The van der Waals surface area contributed by atoms with E-state index >= 15 is 0 Å². The van der Waals surface area contributed by atoms with Gasteiger partial charge < -0.3 is 14.4 Å². The molecule has 1 fully saturated rings. The number of likely N-dealkylation sites (tertiary alicyclic amines) is 1. The summed E-state index contributed by atoms with van der Waals surface area (Å²) in [7, 11) is 3.30. The summed E-state index contributed by atoms with van der Waals surface area (Å²) in [4.78, 5) is 3.22. The lowest BCUT2D eigenvalue weighted by Crippen LogP contribution is -2.38. The van der Waals surface area contributed by atoms with Gasteiger partial charge in [0.25, 0.3) is 0 Å². The Morgan fingerprint density at radius 3 is 2.32 bits per heavy atom. The standard InChI is InChI=1S/C21H25NO2S/c1-23-19-9-8-18(15-20(19)24-2)21(25)22-12-10-17(11-13-22)14-16-6-4-3-5-7-16/h3-9,15,17H,10-14H2,1-2H3. The number of piperidine rings is 1. The van der Waals surface area contributed by atoms with Crippen LogP contribution in [0.15, 0.2) is 48.5 Å². The van der Waals surface area contributed by atoms with E-state index in [2.05, 4.69) is 35.2 Å². The van der Waals surface area contributed by atoms with E-state index in [0.717, 1.165) is 47.5 Å². The minimum atomic E-state index is 0.723. The van der Waals surface area contributed by atoms with E-state index in [-0.39, 0.29) is 0 Å². The molecule has 1 aliphatic heterocycles. The third-order valence-corrected chi connectivity index (χ3v) is 5.39. The van der Waals surface area contributed by atoms with Crippen LogP contribution >= 0.6 is 12.2 Å². The molecule has 3 nitrogen and oxygen atoms in total. The highest BCUT2D eigenvalue weighted by Gasteiger charge is 2.22. The number of hydrogen-bond donors (Lipinski definition) is 0. The Bertz CT molecular complexity index is 709. The van der Waals surface area contributed by atoms with Crippen molar-refractivity contribution in [2.75, 3.05) is 27.3 Å². The molecule has 0 aliphatic carbocycles. The Hall–Kier alpha value is -2.07. The fourth-order valence-electron chi connectivity index (χ4n) is 3.44. The lowest BCUT2D eigenvalue weighted by molar-refractivity contribution is 0.268. The number of rotatable bonds is 5. The average Bonchev–Trinajstić information content (AvgIpc) is 2.68. The molecule has 0 unspecified atom stereocenters. The molecule has 1 saturated heterocycles. The maximum absolute atomic E-state index is 5.73. The summed E-state index contributed by atoms with van der Waals surface area (Å²) in [6.07, 6.45) is 3.53. The number of thiocarbonyl (C=S) groups is 1. The summed E-state index contributed by atoms with van der Waals surface area (Å²) >= 11 is 5.73. The van der Waals surface area contributed by atoms with Gasteiger partial charge in [-0.05, 0) is 48.9 Å². The first-order valence-electron chi connectivity index (χ1n) is 8.76. The third-order valence-electron chi connectivity index (χ3n) is 4.90. The van der Waals surface area contributed by atoms with Gasteiger partial charge in [-0.15, -0.1) is 0 Å². The number of nitrogens with zero attached hydrogens (tertiary/aromatic N) is 1. The SMILES string of the molecule is COc1ccc(C(=S)N2CCC(Cc3ccccc3)CC2)cc1OC. The molecular formula is C21H25NO2S. The lowest BCUT2D eigenvalue weighted by atomic mass is 9.90. The van der Waals surface area contributed by atoms with Crippen LogP contribution in [0.25, 0.3) is 0 Å². The van der Waals surface area contributed by atoms with Gasteiger partial charge in [0.2, 0.25) is 0 Å². The monoisotopic (exact) mass is 355 g/mol. The van der Waals surface area contributed by atoms with Gasteiger partial charge in [0.05, 0.1) is 14.2 Å². The number of hydrogen-bond acceptors (Lipinski definition) is 3. The van der Waals surface area contributed by atoms with Gasteiger partial charge in [0, 0.05) is 18.7 Å². The molecule has 4 heteroatoms. The fourth-order valence-corrected chi connectivity index (χ4v) is 3.75. The third kappa shape index (κ3) is 4.31. The first kappa shape index (κ1) is 17.7. The summed E-state index contributed by atoms with van der Waals surface area (Å²) in [5.74, 6) is 2.20. The van der Waals surface area contributed by atoms with Gasteiger partial charge in [-0.3, -0.25) is 0 Å². The molecule has 2 aromatic carbocycles. The minimum Gasteiger partial charge on any atom is -0.493 e. The van der Waals surface area contributed by atoms with Crippen molar-refractivity contribution in [3.8, 4) is 11.5 Å². The molecule has 0 saturated carbocycles. The van der Waals surface area contributed by atoms with Crippen LogP contribution in [0.2, 0.25) is 0 Å². The Morgan fingerprint density at radius 2 is 1.68 bits per heavy atom. The van der Waals surface area contributed by atoms with E-state index in [9.17, 15) is 0 Å². The van der Waals surface area contributed by atoms with Crippen LogP contribution < -0.4 is 9.47 Å². The van der Waals surface area contributed by atoms with Gasteiger partial charge in [-0.2, -0.15) is 0 Å². The van der Waals surface area contributed by atoms with Gasteiger partial charge in [0.15, 0.2) is 11.5 Å². The van der Waals surface area contributed by atoms with Crippen molar-refractivity contribution in [3.05, 3.63) is 59.7 Å². The smallest absolute Gasteiger partial charge is 0.161 e. The highest BCUT2D eigenvalue weighted by Crippen LogP contribution is 2.29. The van der Waals surface area contributed by atoms with E-state index in [1.54, 1.807) is 14.2 Å². The molecule has 0 radical (unpaired) electrons. The van der Waals surface area contributed by atoms with E-state index in [1.807, 2.05) is 18.2 Å². The molecule has 0 bridgehead atoms. The van der Waals surface area contributed by atoms with Crippen molar-refractivity contribution in [1.29, 1.82) is 0 Å². The first-order chi connectivity index (χ1) is 12.2. The van der Waals surface area contributed by atoms with Gasteiger partial charge >= 0.3 is 0 Å². The van der Waals surface area contributed by atoms with Crippen molar-refractivity contribution >= 4 is 17.2 Å². The fraction of sp³-hybridized carbons (Fsp3) is 0.381. The lowest BCUT2D eigenvalue weighted by Gasteiger charge is -2.34.